The number of carbonyl (C=O) groups excluding carboxylic acids is 1. The summed E-state index contributed by atoms with van der Waals surface area (Å²) in [6.45, 7) is 7.30. The predicted molar refractivity (Wildman–Crippen MR) is 114 cm³/mol. The van der Waals surface area contributed by atoms with E-state index in [2.05, 4.69) is 21.9 Å². The maximum absolute atomic E-state index is 14.0. The Morgan fingerprint density at radius 2 is 1.77 bits per heavy atom. The molecule has 0 radical (unpaired) electrons. The topological polar surface area (TPSA) is 50.1 Å². The molecule has 8 heteroatoms. The Morgan fingerprint density at radius 1 is 1.10 bits per heavy atom. The van der Waals surface area contributed by atoms with Crippen LogP contribution in [-0.4, -0.2) is 65.0 Å². The summed E-state index contributed by atoms with van der Waals surface area (Å²) >= 11 is 0. The largest absolute Gasteiger partial charge is 0.473 e. The lowest BCUT2D eigenvalue weighted by Gasteiger charge is -2.31. The number of benzene rings is 1. The van der Waals surface area contributed by atoms with E-state index in [9.17, 15) is 13.6 Å². The fraction of sp³-hybridized carbons (Fsp3) is 0.391. The number of ketones is 1. The molecule has 1 aliphatic rings. The molecule has 1 aliphatic heterocycles. The molecule has 3 aromatic rings. The first-order chi connectivity index (χ1) is 14.8. The van der Waals surface area contributed by atoms with E-state index >= 15 is 0 Å². The maximum Gasteiger partial charge on any atom is 0.215 e. The Kier molecular flexibility index (Phi) is 6.02. The first kappa shape index (κ1) is 21.4. The van der Waals surface area contributed by atoms with Gasteiger partial charge in [0, 0.05) is 32.2 Å². The predicted octanol–water partition coefficient (Wildman–Crippen LogP) is 3.24. The van der Waals surface area contributed by atoms with E-state index < -0.39 is 11.6 Å². The van der Waals surface area contributed by atoms with Gasteiger partial charge in [-0.15, -0.1) is 0 Å². The van der Waals surface area contributed by atoms with Gasteiger partial charge in [-0.1, -0.05) is 6.07 Å². The van der Waals surface area contributed by atoms with E-state index in [1.807, 2.05) is 13.0 Å². The van der Waals surface area contributed by atoms with Gasteiger partial charge in [-0.25, -0.2) is 13.3 Å². The van der Waals surface area contributed by atoms with E-state index in [0.717, 1.165) is 31.7 Å². The Bertz CT molecular complexity index is 1100. The fourth-order valence-electron chi connectivity index (χ4n) is 3.91. The van der Waals surface area contributed by atoms with Crippen molar-refractivity contribution < 1.29 is 18.3 Å². The molecule has 0 aliphatic carbocycles. The Balaban J connectivity index is 1.61. The average Bonchev–Trinajstić information content (AvgIpc) is 3.05. The lowest BCUT2D eigenvalue weighted by molar-refractivity contribution is 0.0877. The highest BCUT2D eigenvalue weighted by atomic mass is 19.1. The summed E-state index contributed by atoms with van der Waals surface area (Å²) in [4.78, 5) is 17.5. The third-order valence-corrected chi connectivity index (χ3v) is 5.69. The van der Waals surface area contributed by atoms with Crippen molar-refractivity contribution in [2.24, 2.45) is 0 Å². The maximum atomic E-state index is 14.0. The van der Waals surface area contributed by atoms with Crippen LogP contribution in [-0.2, 0) is 6.61 Å². The van der Waals surface area contributed by atoms with Crippen molar-refractivity contribution in [1.29, 1.82) is 0 Å². The number of piperazine rings is 1. The molecular weight excluding hydrogens is 402 g/mol. The SMILES string of the molecule is Cc1cc(OCc2c(F)cccc2F)n2nc(C)c(C(=O)CN3CCN(C)CC3)c2c1. The molecule has 0 saturated carbocycles. The summed E-state index contributed by atoms with van der Waals surface area (Å²) in [7, 11) is 2.08. The molecule has 1 saturated heterocycles. The van der Waals surface area contributed by atoms with Crippen LogP contribution in [0.2, 0.25) is 0 Å². The van der Waals surface area contributed by atoms with Crippen LogP contribution < -0.4 is 4.74 Å². The number of aryl methyl sites for hydroxylation is 2. The zero-order chi connectivity index (χ0) is 22.1. The number of fused-ring (bicyclic) bond motifs is 1. The fourth-order valence-corrected chi connectivity index (χ4v) is 3.91. The molecule has 31 heavy (non-hydrogen) atoms. The molecule has 3 heterocycles. The van der Waals surface area contributed by atoms with Crippen molar-refractivity contribution in [3.8, 4) is 5.88 Å². The van der Waals surface area contributed by atoms with Crippen molar-refractivity contribution in [3.63, 3.8) is 0 Å². The van der Waals surface area contributed by atoms with Crippen LogP contribution in [0.4, 0.5) is 8.78 Å². The number of nitrogens with zero attached hydrogens (tertiary/aromatic N) is 4. The van der Waals surface area contributed by atoms with Gasteiger partial charge in [0.1, 0.15) is 18.2 Å². The van der Waals surface area contributed by atoms with Crippen LogP contribution in [0.5, 0.6) is 5.88 Å². The molecular formula is C23H26F2N4O2. The molecule has 164 valence electrons. The summed E-state index contributed by atoms with van der Waals surface area (Å²) in [5, 5.41) is 4.49. The smallest absolute Gasteiger partial charge is 0.215 e. The van der Waals surface area contributed by atoms with E-state index in [4.69, 9.17) is 4.74 Å². The number of pyridine rings is 1. The van der Waals surface area contributed by atoms with Gasteiger partial charge in [0.05, 0.1) is 28.9 Å². The van der Waals surface area contributed by atoms with Crippen molar-refractivity contribution >= 4 is 11.3 Å². The third-order valence-electron chi connectivity index (χ3n) is 5.69. The zero-order valence-corrected chi connectivity index (χ0v) is 18.0. The molecule has 4 rings (SSSR count). The quantitative estimate of drug-likeness (QED) is 0.565. The summed E-state index contributed by atoms with van der Waals surface area (Å²) in [6, 6.07) is 7.33. The van der Waals surface area contributed by atoms with Gasteiger partial charge in [0.25, 0.3) is 0 Å². The number of Topliss-reactive ketones (excluding diaryl/α,β-unsaturated/α-hetero) is 1. The normalized spacial score (nSPS) is 15.5. The van der Waals surface area contributed by atoms with E-state index in [0.29, 0.717) is 29.2 Å². The first-order valence-corrected chi connectivity index (χ1v) is 10.3. The van der Waals surface area contributed by atoms with Crippen LogP contribution in [0.15, 0.2) is 30.3 Å². The number of hydrogen-bond acceptors (Lipinski definition) is 5. The second kappa shape index (κ2) is 8.72. The molecule has 0 unspecified atom stereocenters. The number of halogens is 2. The highest BCUT2D eigenvalue weighted by molar-refractivity contribution is 6.04. The standard InChI is InChI=1S/C23H26F2N4O2/c1-15-11-20-23(21(30)13-28-9-7-27(3)8-10-28)16(2)26-29(20)22(12-15)31-14-17-18(24)5-4-6-19(17)25/h4-6,11-12H,7-10,13-14H2,1-3H3. The van der Waals surface area contributed by atoms with Gasteiger partial charge >= 0.3 is 0 Å². The van der Waals surface area contributed by atoms with Gasteiger partial charge in [-0.05, 0) is 44.7 Å². The van der Waals surface area contributed by atoms with E-state index in [1.54, 1.807) is 13.0 Å². The minimum Gasteiger partial charge on any atom is -0.473 e. The number of hydrogen-bond donors (Lipinski definition) is 0. The summed E-state index contributed by atoms with van der Waals surface area (Å²) in [6.07, 6.45) is 0. The highest BCUT2D eigenvalue weighted by Gasteiger charge is 2.23. The molecule has 0 spiro atoms. The molecule has 0 N–H and O–H groups in total. The molecule has 2 aromatic heterocycles. The lowest BCUT2D eigenvalue weighted by atomic mass is 10.1. The minimum atomic E-state index is -0.663. The second-order valence-corrected chi connectivity index (χ2v) is 8.12. The van der Waals surface area contributed by atoms with Gasteiger partial charge in [-0.2, -0.15) is 5.10 Å². The zero-order valence-electron chi connectivity index (χ0n) is 18.0. The lowest BCUT2D eigenvalue weighted by Crippen LogP contribution is -2.46. The van der Waals surface area contributed by atoms with Crippen molar-refractivity contribution in [2.75, 3.05) is 39.8 Å². The first-order valence-electron chi connectivity index (χ1n) is 10.3. The van der Waals surface area contributed by atoms with E-state index in [1.165, 1.54) is 22.7 Å². The van der Waals surface area contributed by atoms with Gasteiger partial charge in [0.2, 0.25) is 5.88 Å². The summed E-state index contributed by atoms with van der Waals surface area (Å²) < 4.78 is 35.2. The molecule has 0 bridgehead atoms. The molecule has 1 fully saturated rings. The Labute approximate surface area is 180 Å². The molecule has 0 atom stereocenters. The van der Waals surface area contributed by atoms with Crippen molar-refractivity contribution in [1.82, 2.24) is 19.4 Å². The monoisotopic (exact) mass is 428 g/mol. The highest BCUT2D eigenvalue weighted by Crippen LogP contribution is 2.25. The Hall–Kier alpha value is -2.84. The van der Waals surface area contributed by atoms with Crippen LogP contribution in [0.1, 0.15) is 27.2 Å². The number of likely N-dealkylation sites (N-methyl/N-ethyl adjacent to an activating group) is 1. The second-order valence-electron chi connectivity index (χ2n) is 8.12. The van der Waals surface area contributed by atoms with Gasteiger partial charge < -0.3 is 9.64 Å². The average molecular weight is 428 g/mol. The summed E-state index contributed by atoms with van der Waals surface area (Å²) in [5.41, 5.74) is 2.52. The molecule has 6 nitrogen and oxygen atoms in total. The van der Waals surface area contributed by atoms with Crippen LogP contribution in [0.3, 0.4) is 0 Å². The number of ether oxygens (including phenoxy) is 1. The van der Waals surface area contributed by atoms with Crippen molar-refractivity contribution in [2.45, 2.75) is 20.5 Å². The van der Waals surface area contributed by atoms with Crippen LogP contribution in [0.25, 0.3) is 5.52 Å². The van der Waals surface area contributed by atoms with Crippen LogP contribution >= 0.6 is 0 Å². The summed E-state index contributed by atoms with van der Waals surface area (Å²) in [5.74, 6) is -0.986. The molecule has 0 amide bonds. The van der Waals surface area contributed by atoms with E-state index in [-0.39, 0.29) is 18.0 Å². The number of carbonyl (C=O) groups is 1. The number of aromatic nitrogens is 2. The van der Waals surface area contributed by atoms with Crippen molar-refractivity contribution in [3.05, 3.63) is 64.4 Å². The minimum absolute atomic E-state index is 0.00810. The Morgan fingerprint density at radius 3 is 2.45 bits per heavy atom. The number of rotatable bonds is 6. The molecule has 1 aromatic carbocycles. The third kappa shape index (κ3) is 4.45. The van der Waals surface area contributed by atoms with Gasteiger partial charge in [0.15, 0.2) is 5.78 Å². The van der Waals surface area contributed by atoms with Gasteiger partial charge in [-0.3, -0.25) is 9.69 Å². The van der Waals surface area contributed by atoms with Crippen LogP contribution in [0, 0.1) is 25.5 Å².